The van der Waals surface area contributed by atoms with E-state index in [1.54, 1.807) is 6.20 Å². The van der Waals surface area contributed by atoms with Gasteiger partial charge < -0.3 is 10.4 Å². The average Bonchev–Trinajstić information content (AvgIpc) is 2.47. The summed E-state index contributed by atoms with van der Waals surface area (Å²) in [5, 5.41) is 13.4. The molecule has 0 amide bonds. The molecule has 1 aromatic heterocycles. The van der Waals surface area contributed by atoms with Crippen LogP contribution in [-0.2, 0) is 0 Å². The van der Waals surface area contributed by atoms with E-state index < -0.39 is 5.97 Å². The molecule has 116 valence electrons. The van der Waals surface area contributed by atoms with E-state index in [0.29, 0.717) is 22.8 Å². The highest BCUT2D eigenvalue weighted by Gasteiger charge is 2.23. The number of rotatable bonds is 5. The molecular weight excluding hydrogens is 286 g/mol. The van der Waals surface area contributed by atoms with Gasteiger partial charge in [-0.2, -0.15) is 11.8 Å². The normalized spacial score (nSPS) is 22.3. The fourth-order valence-electron chi connectivity index (χ4n) is 2.65. The van der Waals surface area contributed by atoms with Gasteiger partial charge in [0.25, 0.3) is 0 Å². The zero-order valence-electron chi connectivity index (χ0n) is 12.8. The number of anilines is 1. The number of carbonyl (C=O) groups is 1. The number of hydrogen-bond donors (Lipinski definition) is 2. The molecule has 0 spiro atoms. The van der Waals surface area contributed by atoms with E-state index in [0.717, 1.165) is 12.8 Å². The Morgan fingerprint density at radius 1 is 1.48 bits per heavy atom. The first-order valence-electron chi connectivity index (χ1n) is 7.40. The van der Waals surface area contributed by atoms with Gasteiger partial charge in [0.15, 0.2) is 5.69 Å². The van der Waals surface area contributed by atoms with Crippen LogP contribution >= 0.6 is 11.8 Å². The fraction of sp³-hybridized carbons (Fsp3) is 0.667. The molecule has 0 saturated heterocycles. The van der Waals surface area contributed by atoms with Gasteiger partial charge in [0.2, 0.25) is 0 Å². The molecule has 6 heteroatoms. The molecule has 0 bridgehead atoms. The van der Waals surface area contributed by atoms with E-state index in [1.807, 2.05) is 25.6 Å². The van der Waals surface area contributed by atoms with Gasteiger partial charge in [0.05, 0.1) is 11.9 Å². The summed E-state index contributed by atoms with van der Waals surface area (Å²) in [6, 6.07) is 0.308. The second-order valence-corrected chi connectivity index (χ2v) is 6.95. The summed E-state index contributed by atoms with van der Waals surface area (Å²) in [5.74, 6) is -0.310. The van der Waals surface area contributed by atoms with Crippen LogP contribution in [0.1, 0.15) is 61.8 Å². The third kappa shape index (κ3) is 4.09. The number of nitrogens with one attached hydrogen (secondary N) is 1. The predicted molar refractivity (Wildman–Crippen MR) is 86.3 cm³/mol. The number of thioether (sulfide) groups is 1. The second kappa shape index (κ2) is 7.11. The molecule has 1 fully saturated rings. The van der Waals surface area contributed by atoms with Gasteiger partial charge in [0.1, 0.15) is 5.82 Å². The maximum atomic E-state index is 11.4. The number of carboxylic acid groups (broad SMARTS) is 1. The van der Waals surface area contributed by atoms with Crippen LogP contribution in [0.5, 0.6) is 0 Å². The van der Waals surface area contributed by atoms with Crippen molar-refractivity contribution in [2.45, 2.75) is 56.7 Å². The third-order valence-corrected chi connectivity index (χ3v) is 4.94. The van der Waals surface area contributed by atoms with Crippen LogP contribution in [0.15, 0.2) is 6.20 Å². The molecule has 5 nitrogen and oxygen atoms in total. The summed E-state index contributed by atoms with van der Waals surface area (Å²) in [6.07, 6.45) is 8.31. The van der Waals surface area contributed by atoms with Crippen LogP contribution in [0.3, 0.4) is 0 Å². The van der Waals surface area contributed by atoms with E-state index in [9.17, 15) is 9.90 Å². The fourth-order valence-corrected chi connectivity index (χ4v) is 3.48. The number of hydrogen-bond acceptors (Lipinski definition) is 5. The Hall–Kier alpha value is -1.30. The molecule has 2 unspecified atom stereocenters. The van der Waals surface area contributed by atoms with E-state index >= 15 is 0 Å². The van der Waals surface area contributed by atoms with E-state index in [4.69, 9.17) is 0 Å². The highest BCUT2D eigenvalue weighted by molar-refractivity contribution is 7.99. The van der Waals surface area contributed by atoms with E-state index in [-0.39, 0.29) is 11.6 Å². The SMILES string of the molecule is CSC1CCCC(Nc2cnc(C(C)C)nc2C(=O)O)C1. The summed E-state index contributed by atoms with van der Waals surface area (Å²) < 4.78 is 0. The van der Waals surface area contributed by atoms with Gasteiger partial charge in [-0.15, -0.1) is 0 Å². The lowest BCUT2D eigenvalue weighted by Gasteiger charge is -2.29. The quantitative estimate of drug-likeness (QED) is 0.868. The Morgan fingerprint density at radius 2 is 2.24 bits per heavy atom. The summed E-state index contributed by atoms with van der Waals surface area (Å²) in [4.78, 5) is 19.9. The van der Waals surface area contributed by atoms with E-state index in [2.05, 4.69) is 21.5 Å². The van der Waals surface area contributed by atoms with Crippen LogP contribution in [-0.4, -0.2) is 38.6 Å². The minimum atomic E-state index is -1.00. The van der Waals surface area contributed by atoms with Crippen LogP contribution in [0.25, 0.3) is 0 Å². The first kappa shape index (κ1) is 16.1. The minimum Gasteiger partial charge on any atom is -0.476 e. The maximum absolute atomic E-state index is 11.4. The number of carboxylic acids is 1. The van der Waals surface area contributed by atoms with Gasteiger partial charge in [0, 0.05) is 17.2 Å². The standard InChI is InChI=1S/C15H23N3O2S/c1-9(2)14-16-8-12(13(18-14)15(19)20)17-10-5-4-6-11(7-10)21-3/h8-11,17H,4-7H2,1-3H3,(H,19,20). The van der Waals surface area contributed by atoms with Gasteiger partial charge in [-0.25, -0.2) is 14.8 Å². The molecule has 0 radical (unpaired) electrons. The van der Waals surface area contributed by atoms with Crippen molar-refractivity contribution in [3.63, 3.8) is 0 Å². The number of nitrogens with zero attached hydrogens (tertiary/aromatic N) is 2. The molecule has 1 aliphatic rings. The first-order valence-corrected chi connectivity index (χ1v) is 8.69. The lowest BCUT2D eigenvalue weighted by molar-refractivity contribution is 0.0691. The number of aromatic nitrogens is 2. The Bertz CT molecular complexity index is 508. The van der Waals surface area contributed by atoms with Crippen molar-refractivity contribution in [3.05, 3.63) is 17.7 Å². The smallest absolute Gasteiger partial charge is 0.356 e. The molecule has 2 N–H and O–H groups in total. The molecule has 0 aliphatic heterocycles. The molecule has 0 aromatic carbocycles. The van der Waals surface area contributed by atoms with Crippen LogP contribution in [0.4, 0.5) is 5.69 Å². The minimum absolute atomic E-state index is 0.0833. The summed E-state index contributed by atoms with van der Waals surface area (Å²) >= 11 is 1.89. The van der Waals surface area contributed by atoms with Crippen molar-refractivity contribution >= 4 is 23.4 Å². The zero-order chi connectivity index (χ0) is 15.4. The van der Waals surface area contributed by atoms with Crippen molar-refractivity contribution in [1.29, 1.82) is 0 Å². The molecule has 2 rings (SSSR count). The topological polar surface area (TPSA) is 75.1 Å². The van der Waals surface area contributed by atoms with Gasteiger partial charge in [-0.3, -0.25) is 0 Å². The molecule has 1 saturated carbocycles. The lowest BCUT2D eigenvalue weighted by atomic mass is 9.94. The first-order chi connectivity index (χ1) is 10.0. The Morgan fingerprint density at radius 3 is 2.86 bits per heavy atom. The highest BCUT2D eigenvalue weighted by atomic mass is 32.2. The van der Waals surface area contributed by atoms with Gasteiger partial charge in [-0.05, 0) is 25.5 Å². The monoisotopic (exact) mass is 309 g/mol. The molecular formula is C15H23N3O2S. The van der Waals surface area contributed by atoms with Crippen molar-refractivity contribution in [2.24, 2.45) is 0 Å². The van der Waals surface area contributed by atoms with Crippen LogP contribution in [0.2, 0.25) is 0 Å². The lowest BCUT2D eigenvalue weighted by Crippen LogP contribution is -2.29. The van der Waals surface area contributed by atoms with Crippen molar-refractivity contribution in [2.75, 3.05) is 11.6 Å². The maximum Gasteiger partial charge on any atom is 0.356 e. The second-order valence-electron chi connectivity index (χ2n) is 5.82. The summed E-state index contributed by atoms with van der Waals surface area (Å²) in [5.41, 5.74) is 0.624. The molecule has 2 atom stereocenters. The summed E-state index contributed by atoms with van der Waals surface area (Å²) in [7, 11) is 0. The van der Waals surface area contributed by atoms with Crippen molar-refractivity contribution in [1.82, 2.24) is 9.97 Å². The van der Waals surface area contributed by atoms with Crippen LogP contribution < -0.4 is 5.32 Å². The molecule has 1 heterocycles. The number of aromatic carboxylic acids is 1. The molecule has 1 aromatic rings. The Labute approximate surface area is 130 Å². The predicted octanol–water partition coefficient (Wildman–Crippen LogP) is 3.38. The third-order valence-electron chi connectivity index (χ3n) is 3.85. The Kier molecular flexibility index (Phi) is 5.45. The zero-order valence-corrected chi connectivity index (χ0v) is 13.6. The van der Waals surface area contributed by atoms with Crippen LogP contribution in [0, 0.1) is 0 Å². The Balaban J connectivity index is 2.17. The average molecular weight is 309 g/mol. The largest absolute Gasteiger partial charge is 0.476 e. The molecule has 21 heavy (non-hydrogen) atoms. The molecule has 1 aliphatic carbocycles. The van der Waals surface area contributed by atoms with Gasteiger partial charge in [-0.1, -0.05) is 20.3 Å². The summed E-state index contributed by atoms with van der Waals surface area (Å²) in [6.45, 7) is 3.91. The highest BCUT2D eigenvalue weighted by Crippen LogP contribution is 2.29. The van der Waals surface area contributed by atoms with Crippen molar-refractivity contribution in [3.8, 4) is 0 Å². The van der Waals surface area contributed by atoms with Gasteiger partial charge >= 0.3 is 5.97 Å². The van der Waals surface area contributed by atoms with E-state index in [1.165, 1.54) is 12.8 Å². The van der Waals surface area contributed by atoms with Crippen molar-refractivity contribution < 1.29 is 9.90 Å².